The van der Waals surface area contributed by atoms with Gasteiger partial charge in [0.1, 0.15) is 11.8 Å². The molecule has 5 nitrogen and oxygen atoms in total. The molecular weight excluding hydrogens is 336 g/mol. The number of carbonyl (C=O) groups excluding carboxylic acids is 2. The van der Waals surface area contributed by atoms with Crippen LogP contribution in [-0.4, -0.2) is 36.4 Å². The van der Waals surface area contributed by atoms with Crippen LogP contribution in [0.5, 0.6) is 5.75 Å². The molecule has 2 amide bonds. The molecule has 0 spiro atoms. The number of nitrogens with zero attached hydrogens (tertiary/aromatic N) is 1. The van der Waals surface area contributed by atoms with E-state index in [2.05, 4.69) is 21.2 Å². The standard InChI is InChI=1S/C15H19BrN2O3/c1-9(2)14-15(20)18(8-13(19)17-14)7-10-6-11(21-3)4-5-12(10)16/h4-6,9,14H,7-8H2,1-3H3,(H,17,19). The van der Waals surface area contributed by atoms with E-state index in [9.17, 15) is 9.59 Å². The van der Waals surface area contributed by atoms with Crippen LogP contribution < -0.4 is 10.1 Å². The summed E-state index contributed by atoms with van der Waals surface area (Å²) in [5.41, 5.74) is 0.917. The van der Waals surface area contributed by atoms with Crippen molar-refractivity contribution in [1.29, 1.82) is 0 Å². The average Bonchev–Trinajstić information content (AvgIpc) is 2.44. The second-order valence-corrected chi connectivity index (χ2v) is 6.30. The van der Waals surface area contributed by atoms with Crippen LogP contribution in [0.15, 0.2) is 22.7 Å². The molecule has 1 fully saturated rings. The summed E-state index contributed by atoms with van der Waals surface area (Å²) in [4.78, 5) is 25.8. The van der Waals surface area contributed by atoms with Crippen LogP contribution in [0.1, 0.15) is 19.4 Å². The number of amides is 2. The summed E-state index contributed by atoms with van der Waals surface area (Å²) < 4.78 is 6.09. The molecule has 0 saturated carbocycles. The van der Waals surface area contributed by atoms with Gasteiger partial charge in [0.25, 0.3) is 0 Å². The van der Waals surface area contributed by atoms with Crippen LogP contribution in [0.25, 0.3) is 0 Å². The van der Waals surface area contributed by atoms with Crippen molar-refractivity contribution >= 4 is 27.7 Å². The third-order valence-electron chi connectivity index (χ3n) is 3.51. The van der Waals surface area contributed by atoms with E-state index in [-0.39, 0.29) is 24.3 Å². The predicted molar refractivity (Wildman–Crippen MR) is 82.9 cm³/mol. The van der Waals surface area contributed by atoms with Gasteiger partial charge < -0.3 is 15.0 Å². The molecule has 1 unspecified atom stereocenters. The Kier molecular flexibility index (Phi) is 4.88. The summed E-state index contributed by atoms with van der Waals surface area (Å²) in [6.07, 6.45) is 0. The van der Waals surface area contributed by atoms with Gasteiger partial charge in [0, 0.05) is 11.0 Å². The van der Waals surface area contributed by atoms with Gasteiger partial charge in [-0.2, -0.15) is 0 Å². The van der Waals surface area contributed by atoms with Crippen LogP contribution in [0.2, 0.25) is 0 Å². The summed E-state index contributed by atoms with van der Waals surface area (Å²) in [6.45, 7) is 4.32. The Bertz CT molecular complexity index is 560. The topological polar surface area (TPSA) is 58.6 Å². The molecule has 6 heteroatoms. The number of rotatable bonds is 4. The van der Waals surface area contributed by atoms with E-state index in [1.807, 2.05) is 32.0 Å². The largest absolute Gasteiger partial charge is 0.497 e. The molecule has 21 heavy (non-hydrogen) atoms. The van der Waals surface area contributed by atoms with Gasteiger partial charge in [-0.25, -0.2) is 0 Å². The number of halogens is 1. The summed E-state index contributed by atoms with van der Waals surface area (Å²) in [5, 5.41) is 2.75. The van der Waals surface area contributed by atoms with Crippen LogP contribution in [-0.2, 0) is 16.1 Å². The van der Waals surface area contributed by atoms with Crippen LogP contribution in [0, 0.1) is 5.92 Å². The Balaban J connectivity index is 2.21. The fraction of sp³-hybridized carbons (Fsp3) is 0.467. The molecule has 1 aromatic rings. The van der Waals surface area contributed by atoms with E-state index in [0.717, 1.165) is 15.8 Å². The van der Waals surface area contributed by atoms with E-state index in [0.29, 0.717) is 6.54 Å². The molecule has 0 bridgehead atoms. The molecule has 114 valence electrons. The zero-order valence-corrected chi connectivity index (χ0v) is 13.9. The zero-order valence-electron chi connectivity index (χ0n) is 12.4. The second kappa shape index (κ2) is 6.47. The van der Waals surface area contributed by atoms with E-state index in [1.54, 1.807) is 12.0 Å². The Labute approximate surface area is 132 Å². The second-order valence-electron chi connectivity index (χ2n) is 5.44. The van der Waals surface area contributed by atoms with Crippen molar-refractivity contribution in [3.05, 3.63) is 28.2 Å². The molecule has 0 radical (unpaired) electrons. The van der Waals surface area contributed by atoms with E-state index >= 15 is 0 Å². The number of nitrogens with one attached hydrogen (secondary N) is 1. The number of methoxy groups -OCH3 is 1. The first-order valence-corrected chi connectivity index (χ1v) is 7.62. The summed E-state index contributed by atoms with van der Waals surface area (Å²) in [7, 11) is 1.60. The Morgan fingerprint density at radius 1 is 1.43 bits per heavy atom. The maximum absolute atomic E-state index is 12.4. The zero-order chi connectivity index (χ0) is 15.6. The Morgan fingerprint density at radius 2 is 2.14 bits per heavy atom. The summed E-state index contributed by atoms with van der Waals surface area (Å²) >= 11 is 3.47. The number of piperazine rings is 1. The van der Waals surface area contributed by atoms with Crippen molar-refractivity contribution in [3.8, 4) is 5.75 Å². The Hall–Kier alpha value is -1.56. The van der Waals surface area contributed by atoms with E-state index in [1.165, 1.54) is 0 Å². The summed E-state index contributed by atoms with van der Waals surface area (Å²) in [5.74, 6) is 0.632. The maximum atomic E-state index is 12.4. The SMILES string of the molecule is COc1ccc(Br)c(CN2CC(=O)NC(C(C)C)C2=O)c1. The number of hydrogen-bond acceptors (Lipinski definition) is 3. The van der Waals surface area contributed by atoms with Gasteiger partial charge in [-0.1, -0.05) is 29.8 Å². The lowest BCUT2D eigenvalue weighted by atomic mass is 10.0. The number of ether oxygens (including phenoxy) is 1. The third kappa shape index (κ3) is 3.56. The van der Waals surface area contributed by atoms with Crippen molar-refractivity contribution < 1.29 is 14.3 Å². The molecular formula is C15H19BrN2O3. The van der Waals surface area contributed by atoms with Crippen molar-refractivity contribution in [1.82, 2.24) is 10.2 Å². The number of hydrogen-bond donors (Lipinski definition) is 1. The number of benzene rings is 1. The molecule has 1 aromatic carbocycles. The van der Waals surface area contributed by atoms with Gasteiger partial charge in [-0.05, 0) is 29.7 Å². The highest BCUT2D eigenvalue weighted by Gasteiger charge is 2.34. The fourth-order valence-corrected chi connectivity index (χ4v) is 2.69. The minimum absolute atomic E-state index is 0.0423. The fourth-order valence-electron chi connectivity index (χ4n) is 2.32. The molecule has 1 N–H and O–H groups in total. The van der Waals surface area contributed by atoms with Crippen molar-refractivity contribution in [2.45, 2.75) is 26.4 Å². The molecule has 1 atom stereocenters. The van der Waals surface area contributed by atoms with E-state index in [4.69, 9.17) is 4.74 Å². The molecule has 1 aliphatic heterocycles. The summed E-state index contributed by atoms with van der Waals surface area (Å²) in [6, 6.07) is 5.14. The van der Waals surface area contributed by atoms with E-state index < -0.39 is 6.04 Å². The van der Waals surface area contributed by atoms with Gasteiger partial charge >= 0.3 is 0 Å². The lowest BCUT2D eigenvalue weighted by molar-refractivity contribution is -0.146. The minimum atomic E-state index is -0.448. The highest BCUT2D eigenvalue weighted by molar-refractivity contribution is 9.10. The van der Waals surface area contributed by atoms with Crippen molar-refractivity contribution in [2.24, 2.45) is 5.92 Å². The van der Waals surface area contributed by atoms with Crippen molar-refractivity contribution in [3.63, 3.8) is 0 Å². The molecule has 1 heterocycles. The van der Waals surface area contributed by atoms with Crippen LogP contribution in [0.4, 0.5) is 0 Å². The minimum Gasteiger partial charge on any atom is -0.497 e. The predicted octanol–water partition coefficient (Wildman–Crippen LogP) is 1.94. The van der Waals surface area contributed by atoms with Gasteiger partial charge in [-0.3, -0.25) is 9.59 Å². The lowest BCUT2D eigenvalue weighted by Crippen LogP contribution is -2.59. The quantitative estimate of drug-likeness (QED) is 0.898. The van der Waals surface area contributed by atoms with Gasteiger partial charge in [-0.15, -0.1) is 0 Å². The molecule has 1 aliphatic rings. The normalized spacial score (nSPS) is 18.9. The monoisotopic (exact) mass is 354 g/mol. The molecule has 2 rings (SSSR count). The highest BCUT2D eigenvalue weighted by atomic mass is 79.9. The smallest absolute Gasteiger partial charge is 0.246 e. The average molecular weight is 355 g/mol. The molecule has 0 aromatic heterocycles. The van der Waals surface area contributed by atoms with Gasteiger partial charge in [0.2, 0.25) is 11.8 Å². The van der Waals surface area contributed by atoms with Crippen molar-refractivity contribution in [2.75, 3.05) is 13.7 Å². The van der Waals surface area contributed by atoms with Gasteiger partial charge in [0.05, 0.1) is 13.7 Å². The molecule has 1 saturated heterocycles. The lowest BCUT2D eigenvalue weighted by Gasteiger charge is -2.34. The van der Waals surface area contributed by atoms with Crippen LogP contribution in [0.3, 0.4) is 0 Å². The maximum Gasteiger partial charge on any atom is 0.246 e. The van der Waals surface area contributed by atoms with Crippen LogP contribution >= 0.6 is 15.9 Å². The van der Waals surface area contributed by atoms with Gasteiger partial charge in [0.15, 0.2) is 0 Å². The third-order valence-corrected chi connectivity index (χ3v) is 4.28. The first-order valence-electron chi connectivity index (χ1n) is 6.83. The first-order chi connectivity index (χ1) is 9.92. The number of carbonyl (C=O) groups is 2. The first kappa shape index (κ1) is 15.8. The Morgan fingerprint density at radius 3 is 2.76 bits per heavy atom. The highest BCUT2D eigenvalue weighted by Crippen LogP contribution is 2.25. The molecule has 0 aliphatic carbocycles.